The second-order valence-electron chi connectivity index (χ2n) is 5.96. The highest BCUT2D eigenvalue weighted by Gasteiger charge is 2.12. The van der Waals surface area contributed by atoms with Gasteiger partial charge in [0.1, 0.15) is 0 Å². The maximum atomic E-state index is 8.81. The molecule has 0 fully saturated rings. The number of hydrogen-bond donors (Lipinski definition) is 1. The van der Waals surface area contributed by atoms with Gasteiger partial charge in [0, 0.05) is 16.8 Å². The third-order valence-electron chi connectivity index (χ3n) is 4.07. The van der Waals surface area contributed by atoms with E-state index in [1.165, 1.54) is 42.6 Å². The van der Waals surface area contributed by atoms with E-state index in [0.29, 0.717) is 11.9 Å². The lowest BCUT2D eigenvalue weighted by Gasteiger charge is -2.17. The molecule has 23 heavy (non-hydrogen) atoms. The van der Waals surface area contributed by atoms with Crippen LogP contribution < -0.4 is 0 Å². The molecular formula is C21H28OS. The van der Waals surface area contributed by atoms with E-state index in [4.69, 9.17) is 5.11 Å². The van der Waals surface area contributed by atoms with Crippen molar-refractivity contribution in [2.75, 3.05) is 6.61 Å². The van der Waals surface area contributed by atoms with Crippen molar-refractivity contribution in [3.05, 3.63) is 66.2 Å². The molecule has 0 aliphatic carbocycles. The van der Waals surface area contributed by atoms with Gasteiger partial charge in [0.05, 0.1) is 0 Å². The summed E-state index contributed by atoms with van der Waals surface area (Å²) < 4.78 is 0. The summed E-state index contributed by atoms with van der Waals surface area (Å²) in [5.74, 6) is 0. The van der Waals surface area contributed by atoms with Gasteiger partial charge in [0.25, 0.3) is 0 Å². The van der Waals surface area contributed by atoms with E-state index in [1.54, 1.807) is 0 Å². The zero-order valence-electron chi connectivity index (χ0n) is 13.9. The van der Waals surface area contributed by atoms with Crippen LogP contribution in [0.5, 0.6) is 0 Å². The predicted octanol–water partition coefficient (Wildman–Crippen LogP) is 6.24. The second kappa shape index (κ2) is 11.3. The topological polar surface area (TPSA) is 20.2 Å². The average Bonchev–Trinajstić information content (AvgIpc) is 2.61. The zero-order valence-corrected chi connectivity index (χ0v) is 14.7. The molecule has 124 valence electrons. The summed E-state index contributed by atoms with van der Waals surface area (Å²) in [6, 6.07) is 21.6. The Bertz CT molecular complexity index is 512. The largest absolute Gasteiger partial charge is 0.396 e. The van der Waals surface area contributed by atoms with Gasteiger partial charge in [0.15, 0.2) is 0 Å². The highest BCUT2D eigenvalue weighted by atomic mass is 32.2. The standard InChI is InChI=1S/C21H28OS/c22-18-12-4-2-1-3-11-17-21(19-13-7-5-8-14-19)23-20-15-9-6-10-16-20/h5-10,13-16,21-22H,1-4,11-12,17-18H2. The molecule has 2 heteroatoms. The fourth-order valence-corrected chi connectivity index (χ4v) is 3.99. The van der Waals surface area contributed by atoms with Crippen molar-refractivity contribution >= 4 is 11.8 Å². The molecule has 0 heterocycles. The summed E-state index contributed by atoms with van der Waals surface area (Å²) in [7, 11) is 0. The Hall–Kier alpha value is -1.25. The van der Waals surface area contributed by atoms with Crippen molar-refractivity contribution in [2.24, 2.45) is 0 Å². The van der Waals surface area contributed by atoms with E-state index >= 15 is 0 Å². The van der Waals surface area contributed by atoms with Crippen LogP contribution >= 0.6 is 11.8 Å². The van der Waals surface area contributed by atoms with E-state index in [-0.39, 0.29) is 0 Å². The summed E-state index contributed by atoms with van der Waals surface area (Å²) in [4.78, 5) is 1.35. The molecule has 0 saturated heterocycles. The van der Waals surface area contributed by atoms with Crippen LogP contribution in [-0.4, -0.2) is 11.7 Å². The number of aliphatic hydroxyl groups excluding tert-OH is 1. The van der Waals surface area contributed by atoms with Crippen molar-refractivity contribution in [3.63, 3.8) is 0 Å². The molecule has 0 amide bonds. The maximum absolute atomic E-state index is 8.81. The van der Waals surface area contributed by atoms with Gasteiger partial charge >= 0.3 is 0 Å². The lowest BCUT2D eigenvalue weighted by Crippen LogP contribution is -1.95. The van der Waals surface area contributed by atoms with E-state index in [9.17, 15) is 0 Å². The van der Waals surface area contributed by atoms with Crippen LogP contribution in [0.15, 0.2) is 65.6 Å². The molecule has 2 aromatic carbocycles. The minimum Gasteiger partial charge on any atom is -0.396 e. The maximum Gasteiger partial charge on any atom is 0.0431 e. The Morgan fingerprint density at radius 1 is 0.696 bits per heavy atom. The van der Waals surface area contributed by atoms with Crippen LogP contribution in [0, 0.1) is 0 Å². The van der Waals surface area contributed by atoms with Crippen molar-refractivity contribution in [3.8, 4) is 0 Å². The Labute approximate surface area is 145 Å². The van der Waals surface area contributed by atoms with Crippen LogP contribution in [0.3, 0.4) is 0 Å². The Balaban J connectivity index is 1.82. The lowest BCUT2D eigenvalue weighted by atomic mass is 10.0. The van der Waals surface area contributed by atoms with Gasteiger partial charge in [-0.15, -0.1) is 11.8 Å². The number of hydrogen-bond acceptors (Lipinski definition) is 2. The molecule has 0 aliphatic rings. The molecule has 0 radical (unpaired) electrons. The first kappa shape index (κ1) is 18.1. The normalized spacial score (nSPS) is 12.2. The van der Waals surface area contributed by atoms with Crippen LogP contribution in [-0.2, 0) is 0 Å². The van der Waals surface area contributed by atoms with Crippen molar-refractivity contribution < 1.29 is 5.11 Å². The summed E-state index contributed by atoms with van der Waals surface area (Å²) in [5.41, 5.74) is 1.43. The van der Waals surface area contributed by atoms with Crippen LogP contribution in [0.2, 0.25) is 0 Å². The van der Waals surface area contributed by atoms with Gasteiger partial charge in [-0.1, -0.05) is 80.6 Å². The smallest absolute Gasteiger partial charge is 0.0431 e. The van der Waals surface area contributed by atoms with Crippen molar-refractivity contribution in [1.82, 2.24) is 0 Å². The fraction of sp³-hybridized carbons (Fsp3) is 0.429. The molecule has 0 saturated carbocycles. The quantitative estimate of drug-likeness (QED) is 0.389. The van der Waals surface area contributed by atoms with Gasteiger partial charge in [-0.2, -0.15) is 0 Å². The number of rotatable bonds is 11. The monoisotopic (exact) mass is 328 g/mol. The highest BCUT2D eigenvalue weighted by molar-refractivity contribution is 7.99. The Kier molecular flexibility index (Phi) is 8.90. The highest BCUT2D eigenvalue weighted by Crippen LogP contribution is 2.38. The second-order valence-corrected chi connectivity index (χ2v) is 7.24. The SMILES string of the molecule is OCCCCCCCCC(Sc1ccccc1)c1ccccc1. The van der Waals surface area contributed by atoms with E-state index in [0.717, 1.165) is 12.8 Å². The van der Waals surface area contributed by atoms with Crippen molar-refractivity contribution in [2.45, 2.75) is 55.1 Å². The van der Waals surface area contributed by atoms with Crippen LogP contribution in [0.4, 0.5) is 0 Å². The van der Waals surface area contributed by atoms with Crippen molar-refractivity contribution in [1.29, 1.82) is 0 Å². The first-order valence-corrected chi connectivity index (χ1v) is 9.65. The Morgan fingerprint density at radius 2 is 1.26 bits per heavy atom. The van der Waals surface area contributed by atoms with Crippen LogP contribution in [0.25, 0.3) is 0 Å². The summed E-state index contributed by atoms with van der Waals surface area (Å²) >= 11 is 1.98. The Morgan fingerprint density at radius 3 is 1.91 bits per heavy atom. The number of unbranched alkanes of at least 4 members (excludes halogenated alkanes) is 5. The third-order valence-corrected chi connectivity index (χ3v) is 5.40. The molecule has 1 unspecified atom stereocenters. The third kappa shape index (κ3) is 7.24. The molecule has 1 N–H and O–H groups in total. The van der Waals surface area contributed by atoms with Gasteiger partial charge in [-0.25, -0.2) is 0 Å². The molecular weight excluding hydrogens is 300 g/mol. The first-order valence-electron chi connectivity index (χ1n) is 8.77. The van der Waals surface area contributed by atoms with Gasteiger partial charge in [0.2, 0.25) is 0 Å². The number of benzene rings is 2. The molecule has 1 atom stereocenters. The van der Waals surface area contributed by atoms with Crippen LogP contribution in [0.1, 0.15) is 55.8 Å². The minimum atomic E-state index is 0.337. The lowest BCUT2D eigenvalue weighted by molar-refractivity contribution is 0.282. The van der Waals surface area contributed by atoms with E-state index in [1.807, 2.05) is 11.8 Å². The average molecular weight is 329 g/mol. The zero-order chi connectivity index (χ0) is 16.2. The molecule has 2 rings (SSSR count). The fourth-order valence-electron chi connectivity index (χ4n) is 2.77. The molecule has 2 aromatic rings. The molecule has 0 aromatic heterocycles. The van der Waals surface area contributed by atoms with Gasteiger partial charge < -0.3 is 5.11 Å². The summed E-state index contributed by atoms with van der Waals surface area (Å²) in [5, 5.41) is 9.34. The molecule has 1 nitrogen and oxygen atoms in total. The molecule has 0 spiro atoms. The summed E-state index contributed by atoms with van der Waals surface area (Å²) in [6.45, 7) is 0.337. The van der Waals surface area contributed by atoms with Gasteiger partial charge in [-0.3, -0.25) is 0 Å². The van der Waals surface area contributed by atoms with E-state index < -0.39 is 0 Å². The summed E-state index contributed by atoms with van der Waals surface area (Å²) in [6.07, 6.45) is 8.46. The van der Waals surface area contributed by atoms with Gasteiger partial charge in [-0.05, 0) is 30.5 Å². The number of aliphatic hydroxyl groups is 1. The first-order chi connectivity index (χ1) is 11.4. The molecule has 0 bridgehead atoms. The number of thioether (sulfide) groups is 1. The molecule has 0 aliphatic heterocycles. The minimum absolute atomic E-state index is 0.337. The van der Waals surface area contributed by atoms with E-state index in [2.05, 4.69) is 60.7 Å². The predicted molar refractivity (Wildman–Crippen MR) is 101 cm³/mol.